The van der Waals surface area contributed by atoms with E-state index in [0.29, 0.717) is 0 Å². The first-order chi connectivity index (χ1) is 9.08. The summed E-state index contributed by atoms with van der Waals surface area (Å²) < 4.78 is 0. The minimum atomic E-state index is 0.0287. The number of rotatable bonds is 4. The lowest BCUT2D eigenvalue weighted by Crippen LogP contribution is -2.18. The number of aromatic nitrogens is 1. The van der Waals surface area contributed by atoms with Gasteiger partial charge >= 0.3 is 0 Å². The van der Waals surface area contributed by atoms with Crippen molar-refractivity contribution in [1.82, 2.24) is 4.98 Å². The van der Waals surface area contributed by atoms with E-state index in [-0.39, 0.29) is 6.04 Å². The van der Waals surface area contributed by atoms with Gasteiger partial charge in [-0.3, -0.25) is 0 Å². The van der Waals surface area contributed by atoms with E-state index in [1.54, 1.807) is 0 Å². The van der Waals surface area contributed by atoms with Crippen LogP contribution in [-0.4, -0.2) is 12.0 Å². The van der Waals surface area contributed by atoms with E-state index < -0.39 is 0 Å². The van der Waals surface area contributed by atoms with Crippen molar-refractivity contribution in [2.45, 2.75) is 26.4 Å². The Morgan fingerprint density at radius 3 is 2.53 bits per heavy atom. The van der Waals surface area contributed by atoms with Gasteiger partial charge in [-0.15, -0.1) is 0 Å². The van der Waals surface area contributed by atoms with E-state index in [9.17, 15) is 0 Å². The van der Waals surface area contributed by atoms with Crippen LogP contribution in [0.5, 0.6) is 0 Å². The van der Waals surface area contributed by atoms with Crippen molar-refractivity contribution in [3.63, 3.8) is 0 Å². The summed E-state index contributed by atoms with van der Waals surface area (Å²) in [5.74, 6) is 0.978. The molecule has 0 radical (unpaired) electrons. The standard InChI is InChI=1S/C16H21N3/c1-12-9-16(18-10-15(12)13(2)17)19(3)11-14-7-5-4-6-8-14/h4-10,13H,11,17H2,1-3H3. The maximum Gasteiger partial charge on any atom is 0.128 e. The SMILES string of the molecule is Cc1cc(N(C)Cc2ccccc2)ncc1C(C)N. The van der Waals surface area contributed by atoms with E-state index in [0.717, 1.165) is 17.9 Å². The maximum absolute atomic E-state index is 5.91. The summed E-state index contributed by atoms with van der Waals surface area (Å²) in [6.07, 6.45) is 1.89. The molecule has 0 saturated carbocycles. The van der Waals surface area contributed by atoms with Crippen molar-refractivity contribution in [1.29, 1.82) is 0 Å². The molecule has 0 aliphatic heterocycles. The Morgan fingerprint density at radius 2 is 1.95 bits per heavy atom. The van der Waals surface area contributed by atoms with Crippen LogP contribution in [0.1, 0.15) is 29.7 Å². The van der Waals surface area contributed by atoms with E-state index in [1.807, 2.05) is 19.2 Å². The average molecular weight is 255 g/mol. The van der Waals surface area contributed by atoms with Gasteiger partial charge in [0, 0.05) is 25.8 Å². The topological polar surface area (TPSA) is 42.2 Å². The normalized spacial score (nSPS) is 12.2. The highest BCUT2D eigenvalue weighted by Crippen LogP contribution is 2.20. The third-order valence-electron chi connectivity index (χ3n) is 3.28. The number of hydrogen-bond acceptors (Lipinski definition) is 3. The largest absolute Gasteiger partial charge is 0.355 e. The maximum atomic E-state index is 5.91. The molecular formula is C16H21N3. The van der Waals surface area contributed by atoms with Crippen LogP contribution >= 0.6 is 0 Å². The third kappa shape index (κ3) is 3.32. The van der Waals surface area contributed by atoms with Gasteiger partial charge in [0.2, 0.25) is 0 Å². The minimum absolute atomic E-state index is 0.0287. The summed E-state index contributed by atoms with van der Waals surface area (Å²) in [4.78, 5) is 6.65. The van der Waals surface area contributed by atoms with Gasteiger partial charge in [0.1, 0.15) is 5.82 Å². The van der Waals surface area contributed by atoms with Crippen LogP contribution < -0.4 is 10.6 Å². The average Bonchev–Trinajstić information content (AvgIpc) is 2.39. The summed E-state index contributed by atoms with van der Waals surface area (Å²) >= 11 is 0. The molecule has 2 aromatic rings. The first kappa shape index (κ1) is 13.6. The van der Waals surface area contributed by atoms with Crippen LogP contribution in [-0.2, 0) is 6.54 Å². The minimum Gasteiger partial charge on any atom is -0.355 e. The van der Waals surface area contributed by atoms with E-state index >= 15 is 0 Å². The van der Waals surface area contributed by atoms with Crippen LogP contribution in [0.2, 0.25) is 0 Å². The van der Waals surface area contributed by atoms with Crippen LogP contribution in [0.15, 0.2) is 42.6 Å². The second-order valence-corrected chi connectivity index (χ2v) is 5.03. The smallest absolute Gasteiger partial charge is 0.128 e. The van der Waals surface area contributed by atoms with Crippen LogP contribution in [0.3, 0.4) is 0 Å². The molecule has 0 aliphatic rings. The molecular weight excluding hydrogens is 234 g/mol. The predicted molar refractivity (Wildman–Crippen MR) is 80.1 cm³/mol. The Bertz CT molecular complexity index is 535. The van der Waals surface area contributed by atoms with Gasteiger partial charge in [-0.05, 0) is 36.6 Å². The molecule has 0 amide bonds. The highest BCUT2D eigenvalue weighted by molar-refractivity contribution is 5.44. The molecule has 3 nitrogen and oxygen atoms in total. The molecule has 1 atom stereocenters. The Labute approximate surface area is 115 Å². The van der Waals surface area contributed by atoms with Crippen LogP contribution in [0, 0.1) is 6.92 Å². The Kier molecular flexibility index (Phi) is 4.17. The molecule has 1 heterocycles. The highest BCUT2D eigenvalue weighted by Gasteiger charge is 2.08. The Morgan fingerprint density at radius 1 is 1.26 bits per heavy atom. The molecule has 0 fully saturated rings. The quantitative estimate of drug-likeness (QED) is 0.913. The molecule has 2 rings (SSSR count). The van der Waals surface area contributed by atoms with Crippen molar-refractivity contribution in [3.8, 4) is 0 Å². The lowest BCUT2D eigenvalue weighted by Gasteiger charge is -2.20. The van der Waals surface area contributed by atoms with E-state index in [1.165, 1.54) is 11.1 Å². The first-order valence-electron chi connectivity index (χ1n) is 6.55. The molecule has 1 unspecified atom stereocenters. The Hall–Kier alpha value is -1.87. The van der Waals surface area contributed by atoms with Crippen molar-refractivity contribution in [3.05, 3.63) is 59.3 Å². The third-order valence-corrected chi connectivity index (χ3v) is 3.28. The van der Waals surface area contributed by atoms with Gasteiger partial charge in [0.25, 0.3) is 0 Å². The van der Waals surface area contributed by atoms with Crippen molar-refractivity contribution < 1.29 is 0 Å². The van der Waals surface area contributed by atoms with Gasteiger partial charge < -0.3 is 10.6 Å². The fraction of sp³-hybridized carbons (Fsp3) is 0.312. The molecule has 2 N–H and O–H groups in total. The lowest BCUT2D eigenvalue weighted by atomic mass is 10.1. The number of nitrogens with zero attached hydrogens (tertiary/aromatic N) is 2. The number of nitrogens with two attached hydrogens (primary N) is 1. The molecule has 0 saturated heterocycles. The summed E-state index contributed by atoms with van der Waals surface area (Å²) in [7, 11) is 2.06. The summed E-state index contributed by atoms with van der Waals surface area (Å²) in [5, 5.41) is 0. The zero-order valence-electron chi connectivity index (χ0n) is 11.8. The van der Waals surface area contributed by atoms with Crippen molar-refractivity contribution in [2.24, 2.45) is 5.73 Å². The zero-order chi connectivity index (χ0) is 13.8. The monoisotopic (exact) mass is 255 g/mol. The van der Waals surface area contributed by atoms with Gasteiger partial charge in [-0.1, -0.05) is 30.3 Å². The number of aryl methyl sites for hydroxylation is 1. The molecule has 19 heavy (non-hydrogen) atoms. The fourth-order valence-corrected chi connectivity index (χ4v) is 2.18. The molecule has 3 heteroatoms. The molecule has 1 aromatic carbocycles. The number of hydrogen-bond donors (Lipinski definition) is 1. The predicted octanol–water partition coefficient (Wildman–Crippen LogP) is 3.05. The van der Waals surface area contributed by atoms with E-state index in [2.05, 4.69) is 54.2 Å². The molecule has 100 valence electrons. The van der Waals surface area contributed by atoms with Gasteiger partial charge in [-0.2, -0.15) is 0 Å². The van der Waals surface area contributed by atoms with Crippen LogP contribution in [0.4, 0.5) is 5.82 Å². The zero-order valence-corrected chi connectivity index (χ0v) is 11.8. The van der Waals surface area contributed by atoms with Gasteiger partial charge in [0.15, 0.2) is 0 Å². The second kappa shape index (κ2) is 5.85. The number of pyridine rings is 1. The molecule has 0 aliphatic carbocycles. The first-order valence-corrected chi connectivity index (χ1v) is 6.55. The number of anilines is 1. The molecule has 0 spiro atoms. The summed E-state index contributed by atoms with van der Waals surface area (Å²) in [6.45, 7) is 4.92. The fourth-order valence-electron chi connectivity index (χ4n) is 2.18. The number of benzene rings is 1. The highest BCUT2D eigenvalue weighted by atomic mass is 15.2. The van der Waals surface area contributed by atoms with Crippen molar-refractivity contribution >= 4 is 5.82 Å². The van der Waals surface area contributed by atoms with Gasteiger partial charge in [0.05, 0.1) is 0 Å². The van der Waals surface area contributed by atoms with Crippen molar-refractivity contribution in [2.75, 3.05) is 11.9 Å². The summed E-state index contributed by atoms with van der Waals surface area (Å²) in [5.41, 5.74) is 9.49. The molecule has 0 bridgehead atoms. The van der Waals surface area contributed by atoms with E-state index in [4.69, 9.17) is 5.73 Å². The van der Waals surface area contributed by atoms with Crippen LogP contribution in [0.25, 0.3) is 0 Å². The summed E-state index contributed by atoms with van der Waals surface area (Å²) in [6, 6.07) is 12.5. The molecule has 1 aromatic heterocycles. The lowest BCUT2D eigenvalue weighted by molar-refractivity contribution is 0.798. The second-order valence-electron chi connectivity index (χ2n) is 5.03. The Balaban J connectivity index is 2.16. The van der Waals surface area contributed by atoms with Gasteiger partial charge in [-0.25, -0.2) is 4.98 Å².